The predicted molar refractivity (Wildman–Crippen MR) is 82.8 cm³/mol. The fourth-order valence-electron chi connectivity index (χ4n) is 2.52. The molecule has 3 aromatic heterocycles. The van der Waals surface area contributed by atoms with E-state index in [-0.39, 0.29) is 5.41 Å². The Morgan fingerprint density at radius 2 is 2.10 bits per heavy atom. The van der Waals surface area contributed by atoms with E-state index in [4.69, 9.17) is 4.98 Å². The van der Waals surface area contributed by atoms with E-state index < -0.39 is 0 Å². The molecule has 0 spiro atoms. The number of aromatic nitrogens is 5. The Labute approximate surface area is 127 Å². The van der Waals surface area contributed by atoms with Crippen molar-refractivity contribution in [2.75, 3.05) is 11.4 Å². The first-order valence-electron chi connectivity index (χ1n) is 7.12. The summed E-state index contributed by atoms with van der Waals surface area (Å²) in [7, 11) is 0. The van der Waals surface area contributed by atoms with E-state index in [2.05, 4.69) is 40.3 Å². The van der Waals surface area contributed by atoms with Crippen LogP contribution < -0.4 is 4.90 Å². The topological polar surface area (TPSA) is 51.2 Å². The molecule has 0 aromatic carbocycles. The molecule has 1 aliphatic rings. The van der Waals surface area contributed by atoms with E-state index in [0.29, 0.717) is 0 Å². The molecule has 4 rings (SSSR count). The first-order chi connectivity index (χ1) is 10.0. The van der Waals surface area contributed by atoms with Crippen LogP contribution in [0.3, 0.4) is 0 Å². The quantitative estimate of drug-likeness (QED) is 0.692. The van der Waals surface area contributed by atoms with E-state index in [1.165, 1.54) is 0 Å². The Balaban J connectivity index is 1.65. The van der Waals surface area contributed by atoms with Gasteiger partial charge >= 0.3 is 0 Å². The van der Waals surface area contributed by atoms with Crippen LogP contribution in [-0.2, 0) is 18.5 Å². The van der Waals surface area contributed by atoms with Crippen LogP contribution in [0.4, 0.5) is 5.13 Å². The molecule has 110 valence electrons. The lowest BCUT2D eigenvalue weighted by Crippen LogP contribution is -2.33. The molecule has 0 N–H and O–H groups in total. The maximum absolute atomic E-state index is 4.71. The van der Waals surface area contributed by atoms with Crippen molar-refractivity contribution in [3.63, 3.8) is 0 Å². The van der Waals surface area contributed by atoms with Crippen molar-refractivity contribution < 1.29 is 0 Å². The molecule has 0 unspecified atom stereocenters. The number of fused-ring (bicyclic) bond motifs is 2. The molecule has 21 heavy (non-hydrogen) atoms. The Hall–Kier alpha value is -1.89. The molecular formula is C14H18N6S. The molecule has 1 aliphatic heterocycles. The molecule has 0 saturated heterocycles. The van der Waals surface area contributed by atoms with E-state index >= 15 is 0 Å². The third kappa shape index (κ3) is 2.12. The van der Waals surface area contributed by atoms with Crippen molar-refractivity contribution in [3.8, 4) is 0 Å². The number of anilines is 1. The van der Waals surface area contributed by atoms with E-state index in [0.717, 1.165) is 41.2 Å². The highest BCUT2D eigenvalue weighted by Gasteiger charge is 2.23. The standard InChI is InChI=1S/C14H18N6S/c1-14(2,3)10-8-20-12(16-10)21-13(17-20)19-7-6-18-5-4-15-11(18)9-19/h4-5,8H,6-7,9H2,1-3H3. The molecule has 4 heterocycles. The van der Waals surface area contributed by atoms with Gasteiger partial charge in [-0.3, -0.25) is 0 Å². The summed E-state index contributed by atoms with van der Waals surface area (Å²) in [6.07, 6.45) is 5.94. The summed E-state index contributed by atoms with van der Waals surface area (Å²) < 4.78 is 4.11. The minimum Gasteiger partial charge on any atom is -0.337 e. The van der Waals surface area contributed by atoms with Crippen molar-refractivity contribution in [2.24, 2.45) is 0 Å². The molecular weight excluding hydrogens is 284 g/mol. The highest BCUT2D eigenvalue weighted by Crippen LogP contribution is 2.29. The second-order valence-electron chi connectivity index (χ2n) is 6.45. The van der Waals surface area contributed by atoms with Gasteiger partial charge in [-0.2, -0.15) is 0 Å². The van der Waals surface area contributed by atoms with Crippen LogP contribution in [0.2, 0.25) is 0 Å². The molecule has 0 radical (unpaired) electrons. The first kappa shape index (κ1) is 12.8. The Bertz CT molecular complexity index is 758. The van der Waals surface area contributed by atoms with Crippen molar-refractivity contribution >= 4 is 21.4 Å². The van der Waals surface area contributed by atoms with Crippen LogP contribution in [0.25, 0.3) is 4.96 Å². The Morgan fingerprint density at radius 3 is 2.86 bits per heavy atom. The molecule has 0 fully saturated rings. The summed E-state index contributed by atoms with van der Waals surface area (Å²) in [6.45, 7) is 9.26. The van der Waals surface area contributed by atoms with Gasteiger partial charge in [0.2, 0.25) is 10.1 Å². The summed E-state index contributed by atoms with van der Waals surface area (Å²) in [4.78, 5) is 12.3. The van der Waals surface area contributed by atoms with E-state index in [1.807, 2.05) is 23.1 Å². The van der Waals surface area contributed by atoms with Crippen LogP contribution in [0.15, 0.2) is 18.6 Å². The average molecular weight is 302 g/mol. The maximum Gasteiger partial charge on any atom is 0.214 e. The minimum absolute atomic E-state index is 0.0590. The maximum atomic E-state index is 4.71. The van der Waals surface area contributed by atoms with Gasteiger partial charge in [-0.1, -0.05) is 32.1 Å². The summed E-state index contributed by atoms with van der Waals surface area (Å²) in [5.41, 5.74) is 1.14. The van der Waals surface area contributed by atoms with Crippen LogP contribution >= 0.6 is 11.3 Å². The van der Waals surface area contributed by atoms with Crippen molar-refractivity contribution in [3.05, 3.63) is 30.1 Å². The molecule has 0 saturated carbocycles. The van der Waals surface area contributed by atoms with E-state index in [1.54, 1.807) is 11.3 Å². The zero-order valence-corrected chi connectivity index (χ0v) is 13.3. The smallest absolute Gasteiger partial charge is 0.214 e. The van der Waals surface area contributed by atoms with Gasteiger partial charge in [0.1, 0.15) is 5.82 Å². The molecule has 0 amide bonds. The average Bonchev–Trinajstić information content (AvgIpc) is 3.10. The lowest BCUT2D eigenvalue weighted by Gasteiger charge is -2.26. The number of hydrogen-bond donors (Lipinski definition) is 0. The zero-order valence-electron chi connectivity index (χ0n) is 12.4. The van der Waals surface area contributed by atoms with Gasteiger partial charge in [0.15, 0.2) is 0 Å². The highest BCUT2D eigenvalue weighted by molar-refractivity contribution is 7.20. The number of rotatable bonds is 1. The Morgan fingerprint density at radius 1 is 1.24 bits per heavy atom. The monoisotopic (exact) mass is 302 g/mol. The van der Waals surface area contributed by atoms with Crippen LogP contribution in [0, 0.1) is 0 Å². The van der Waals surface area contributed by atoms with Crippen molar-refractivity contribution in [2.45, 2.75) is 39.3 Å². The summed E-state index contributed by atoms with van der Waals surface area (Å²) in [5, 5.41) is 5.71. The highest BCUT2D eigenvalue weighted by atomic mass is 32.1. The Kier molecular flexibility index (Phi) is 2.63. The van der Waals surface area contributed by atoms with Crippen molar-refractivity contribution in [1.29, 1.82) is 0 Å². The fraction of sp³-hybridized carbons (Fsp3) is 0.500. The lowest BCUT2D eigenvalue weighted by atomic mass is 9.93. The number of hydrogen-bond acceptors (Lipinski definition) is 5. The second-order valence-corrected chi connectivity index (χ2v) is 7.38. The van der Waals surface area contributed by atoms with Gasteiger partial charge in [-0.05, 0) is 0 Å². The lowest BCUT2D eigenvalue weighted by molar-refractivity contribution is 0.556. The van der Waals surface area contributed by atoms with Gasteiger partial charge in [0.25, 0.3) is 0 Å². The third-order valence-corrected chi connectivity index (χ3v) is 4.80. The number of imidazole rings is 2. The molecule has 0 bridgehead atoms. The molecule has 6 nitrogen and oxygen atoms in total. The van der Waals surface area contributed by atoms with Crippen LogP contribution in [-0.4, -0.2) is 30.7 Å². The van der Waals surface area contributed by atoms with Crippen LogP contribution in [0.5, 0.6) is 0 Å². The van der Waals surface area contributed by atoms with E-state index in [9.17, 15) is 0 Å². The number of nitrogens with zero attached hydrogens (tertiary/aromatic N) is 6. The van der Waals surface area contributed by atoms with Crippen molar-refractivity contribution in [1.82, 2.24) is 24.1 Å². The molecule has 0 atom stereocenters. The summed E-state index contributed by atoms with van der Waals surface area (Å²) in [6, 6.07) is 0. The normalized spacial score (nSPS) is 15.7. The molecule has 7 heteroatoms. The first-order valence-corrected chi connectivity index (χ1v) is 7.94. The largest absolute Gasteiger partial charge is 0.337 e. The SMILES string of the molecule is CC(C)(C)c1cn2nc(N3CCn4ccnc4C3)sc2n1. The predicted octanol–water partition coefficient (Wildman–Crippen LogP) is 2.31. The van der Waals surface area contributed by atoms with Gasteiger partial charge in [0.05, 0.1) is 18.4 Å². The summed E-state index contributed by atoms with van der Waals surface area (Å²) >= 11 is 1.65. The fourth-order valence-corrected chi connectivity index (χ4v) is 3.42. The van der Waals surface area contributed by atoms with Crippen LogP contribution in [0.1, 0.15) is 32.3 Å². The molecule has 3 aromatic rings. The zero-order chi connectivity index (χ0) is 14.6. The molecule has 0 aliphatic carbocycles. The summed E-state index contributed by atoms with van der Waals surface area (Å²) in [5.74, 6) is 1.10. The second kappa shape index (κ2) is 4.30. The third-order valence-electron chi connectivity index (χ3n) is 3.82. The minimum atomic E-state index is 0.0590. The van der Waals surface area contributed by atoms with Gasteiger partial charge in [0, 0.05) is 30.9 Å². The van der Waals surface area contributed by atoms with Gasteiger partial charge in [-0.25, -0.2) is 14.5 Å². The van der Waals surface area contributed by atoms with Gasteiger partial charge < -0.3 is 9.47 Å². The van der Waals surface area contributed by atoms with Gasteiger partial charge in [-0.15, -0.1) is 5.10 Å².